The highest BCUT2D eigenvalue weighted by Gasteiger charge is 2.26. The van der Waals surface area contributed by atoms with Gasteiger partial charge in [0.2, 0.25) is 0 Å². The molecule has 6 fully saturated rings. The molecule has 81 heavy (non-hydrogen) atoms. The molecule has 12 rings (SSSR count). The van der Waals surface area contributed by atoms with Gasteiger partial charge in [-0.15, -0.1) is 0 Å². The van der Waals surface area contributed by atoms with Gasteiger partial charge in [0, 0.05) is 0 Å². The third kappa shape index (κ3) is 39.0. The highest BCUT2D eigenvalue weighted by molar-refractivity contribution is 5.33. The van der Waals surface area contributed by atoms with Crippen LogP contribution in [0.5, 0.6) is 34.5 Å². The molecule has 6 saturated heterocycles. The second-order valence-corrected chi connectivity index (χ2v) is 19.7. The van der Waals surface area contributed by atoms with Gasteiger partial charge in [0.05, 0.1) is 39.6 Å². The summed E-state index contributed by atoms with van der Waals surface area (Å²) in [7, 11) is 0. The second-order valence-electron chi connectivity index (χ2n) is 19.7. The lowest BCUT2D eigenvalue weighted by molar-refractivity contribution is 0.262. The van der Waals surface area contributed by atoms with Crippen LogP contribution in [-0.2, 0) is 28.4 Å². The molecule has 446 valence electrons. The van der Waals surface area contributed by atoms with Crippen LogP contribution in [-0.4, -0.2) is 116 Å². The summed E-state index contributed by atoms with van der Waals surface area (Å²) in [6, 6.07) is 53.4. The summed E-state index contributed by atoms with van der Waals surface area (Å²) in [6.07, 6.45) is 7.04. The minimum Gasteiger partial charge on any atom is -0.491 e. The zero-order chi connectivity index (χ0) is 58.6. The van der Waals surface area contributed by atoms with Gasteiger partial charge in [0.25, 0.3) is 0 Å². The number of ether oxygens (including phenoxy) is 12. The second kappa shape index (κ2) is 44.5. The van der Waals surface area contributed by atoms with E-state index in [-0.39, 0.29) is 0 Å². The predicted octanol–water partition coefficient (Wildman–Crippen LogP) is 15.4. The SMILES string of the molecule is CCC.CCC.CCC.CCC.Cc1ccccc1OCC1CO1.Cc1ccccc1OCC1CO1.Cc1ccccc1OCC1CO1.c1ccc(OCC2CO2)cc1.c1ccc(OCC2CO2)cc1.c1ccc(OCC2CO2)cc1. The molecule has 0 aromatic heterocycles. The summed E-state index contributed by atoms with van der Waals surface area (Å²) in [5.74, 6) is 5.66. The van der Waals surface area contributed by atoms with Crippen molar-refractivity contribution in [1.82, 2.24) is 0 Å². The van der Waals surface area contributed by atoms with E-state index < -0.39 is 0 Å². The van der Waals surface area contributed by atoms with E-state index in [1.807, 2.05) is 185 Å². The first-order valence-electron chi connectivity index (χ1n) is 29.4. The van der Waals surface area contributed by atoms with Crippen molar-refractivity contribution in [3.63, 3.8) is 0 Å². The third-order valence-electron chi connectivity index (χ3n) is 10.5. The van der Waals surface area contributed by atoms with Crippen molar-refractivity contribution in [3.8, 4) is 34.5 Å². The van der Waals surface area contributed by atoms with Gasteiger partial charge in [-0.2, -0.15) is 0 Å². The molecule has 0 radical (unpaired) electrons. The Balaban J connectivity index is 0.000000245. The summed E-state index contributed by atoms with van der Waals surface area (Å²) in [4.78, 5) is 0. The van der Waals surface area contributed by atoms with Crippen molar-refractivity contribution in [3.05, 3.63) is 180 Å². The molecule has 6 aliphatic rings. The van der Waals surface area contributed by atoms with Crippen LogP contribution in [0.3, 0.4) is 0 Å². The molecule has 0 spiro atoms. The maximum absolute atomic E-state index is 5.54. The molecule has 6 aromatic rings. The Hall–Kier alpha value is -6.12. The van der Waals surface area contributed by atoms with E-state index in [2.05, 4.69) is 55.4 Å². The number of hydrogen-bond donors (Lipinski definition) is 0. The lowest BCUT2D eigenvalue weighted by atomic mass is 10.2. The van der Waals surface area contributed by atoms with Crippen molar-refractivity contribution in [2.75, 3.05) is 79.3 Å². The van der Waals surface area contributed by atoms with Crippen molar-refractivity contribution in [2.24, 2.45) is 0 Å². The van der Waals surface area contributed by atoms with E-state index in [1.165, 1.54) is 42.4 Å². The minimum absolute atomic E-state index is 0.338. The van der Waals surface area contributed by atoms with Crippen molar-refractivity contribution < 1.29 is 56.8 Å². The first-order chi connectivity index (χ1) is 39.6. The smallest absolute Gasteiger partial charge is 0.122 e. The summed E-state index contributed by atoms with van der Waals surface area (Å²) < 4.78 is 63.0. The van der Waals surface area contributed by atoms with E-state index in [0.717, 1.165) is 74.1 Å². The molecule has 12 heteroatoms. The van der Waals surface area contributed by atoms with Gasteiger partial charge in [-0.25, -0.2) is 0 Å². The minimum atomic E-state index is 0.338. The van der Waals surface area contributed by atoms with Crippen LogP contribution >= 0.6 is 0 Å². The first-order valence-corrected chi connectivity index (χ1v) is 29.4. The van der Waals surface area contributed by atoms with Gasteiger partial charge in [-0.1, -0.05) is 190 Å². The summed E-state index contributed by atoms with van der Waals surface area (Å²) >= 11 is 0. The molecule has 0 N–H and O–H groups in total. The Morgan fingerprint density at radius 1 is 0.259 bits per heavy atom. The standard InChI is InChI=1S/3C10H12O2.3C9H10O2.4C3H8/c3*1-8-4-2-3-5-10(8)12-7-9-6-11-9;3*1-2-4-8(5-3-1)10-6-9-7-11-9;4*1-3-2/h3*2-5,9H,6-7H2,1H3;3*1-5,9H,6-7H2;4*3H2,1-2H3. The topological polar surface area (TPSA) is 131 Å². The molecule has 0 aliphatic carbocycles. The summed E-state index contributed by atoms with van der Waals surface area (Å²) in [6.45, 7) is 32.4. The maximum atomic E-state index is 5.54. The predicted molar refractivity (Wildman–Crippen MR) is 328 cm³/mol. The Bertz CT molecular complexity index is 2100. The van der Waals surface area contributed by atoms with Gasteiger partial charge < -0.3 is 56.8 Å². The van der Waals surface area contributed by atoms with Gasteiger partial charge in [-0.3, -0.25) is 0 Å². The fourth-order valence-corrected chi connectivity index (χ4v) is 5.81. The van der Waals surface area contributed by atoms with E-state index >= 15 is 0 Å². The van der Waals surface area contributed by atoms with Gasteiger partial charge in [-0.05, 0) is 92.1 Å². The normalized spacial score (nSPS) is 18.7. The highest BCUT2D eigenvalue weighted by Crippen LogP contribution is 2.22. The number of benzene rings is 6. The van der Waals surface area contributed by atoms with Crippen LogP contribution in [0.1, 0.15) is 97.8 Å². The van der Waals surface area contributed by atoms with Crippen LogP contribution in [0.2, 0.25) is 0 Å². The Morgan fingerprint density at radius 2 is 0.420 bits per heavy atom. The van der Waals surface area contributed by atoms with Gasteiger partial charge in [0.1, 0.15) is 111 Å². The molecular formula is C69H98O12. The number of aryl methyl sites for hydroxylation is 3. The van der Waals surface area contributed by atoms with E-state index in [9.17, 15) is 0 Å². The average molecular weight is 1120 g/mol. The lowest BCUT2D eigenvalue weighted by Gasteiger charge is -2.06. The van der Waals surface area contributed by atoms with E-state index in [0.29, 0.717) is 76.3 Å². The molecule has 0 amide bonds. The Kier molecular flexibility index (Phi) is 38.0. The van der Waals surface area contributed by atoms with Crippen molar-refractivity contribution in [2.45, 2.75) is 138 Å². The molecule has 6 unspecified atom stereocenters. The maximum Gasteiger partial charge on any atom is 0.122 e. The molecule has 6 aromatic carbocycles. The quantitative estimate of drug-likeness (QED) is 0.0759. The van der Waals surface area contributed by atoms with Gasteiger partial charge >= 0.3 is 0 Å². The van der Waals surface area contributed by atoms with Crippen molar-refractivity contribution >= 4 is 0 Å². The van der Waals surface area contributed by atoms with Crippen LogP contribution in [0.15, 0.2) is 164 Å². The van der Waals surface area contributed by atoms with E-state index in [1.54, 1.807) is 0 Å². The number of para-hydroxylation sites is 6. The molecule has 6 atom stereocenters. The molecular weight excluding hydrogens is 1020 g/mol. The lowest BCUT2D eigenvalue weighted by Crippen LogP contribution is -2.04. The number of epoxide rings is 6. The van der Waals surface area contributed by atoms with Crippen LogP contribution in [0.4, 0.5) is 0 Å². The number of hydrogen-bond acceptors (Lipinski definition) is 12. The fraction of sp³-hybridized carbons (Fsp3) is 0.478. The van der Waals surface area contributed by atoms with Crippen molar-refractivity contribution in [1.29, 1.82) is 0 Å². The van der Waals surface area contributed by atoms with Crippen LogP contribution in [0.25, 0.3) is 0 Å². The zero-order valence-corrected chi connectivity index (χ0v) is 50.8. The highest BCUT2D eigenvalue weighted by atomic mass is 16.6. The van der Waals surface area contributed by atoms with Gasteiger partial charge in [0.15, 0.2) is 0 Å². The molecule has 12 nitrogen and oxygen atoms in total. The molecule has 0 saturated carbocycles. The van der Waals surface area contributed by atoms with Crippen LogP contribution in [0, 0.1) is 20.8 Å². The van der Waals surface area contributed by atoms with Crippen LogP contribution < -0.4 is 28.4 Å². The van der Waals surface area contributed by atoms with E-state index in [4.69, 9.17) is 56.8 Å². The monoisotopic (exact) mass is 1120 g/mol. The molecule has 6 aliphatic heterocycles. The summed E-state index contributed by atoms with van der Waals surface area (Å²) in [5.41, 5.74) is 3.54. The zero-order valence-electron chi connectivity index (χ0n) is 50.8. The third-order valence-corrected chi connectivity index (χ3v) is 10.5. The molecule has 0 bridgehead atoms. The Labute approximate surface area is 487 Å². The fourth-order valence-electron chi connectivity index (χ4n) is 5.81. The Morgan fingerprint density at radius 3 is 0.593 bits per heavy atom. The first kappa shape index (κ1) is 69.2. The summed E-state index contributed by atoms with van der Waals surface area (Å²) in [5, 5.41) is 0. The number of rotatable bonds is 18. The largest absolute Gasteiger partial charge is 0.491 e. The molecule has 6 heterocycles. The average Bonchev–Trinajstić information content (AvgIpc) is 4.27.